The van der Waals surface area contributed by atoms with Crippen LogP contribution in [0.2, 0.25) is 0 Å². The zero-order valence-electron chi connectivity index (χ0n) is 6.44. The standard InChI is InChI=1S/C8H17/c1-5-7(3)8(4)6-2/h5,7-8H,6H2,1-4H3/q+1. The minimum absolute atomic E-state index is 0.792. The molecule has 2 unspecified atom stereocenters. The first kappa shape index (κ1) is 7.87. The molecule has 0 heterocycles. The van der Waals surface area contributed by atoms with Crippen molar-refractivity contribution in [1.82, 2.24) is 0 Å². The molecule has 0 nitrogen and oxygen atoms in total. The highest BCUT2D eigenvalue weighted by molar-refractivity contribution is 4.70. The second-order valence-corrected chi connectivity index (χ2v) is 2.58. The topological polar surface area (TPSA) is 0 Å². The minimum atomic E-state index is 0.792. The van der Waals surface area contributed by atoms with Crippen molar-refractivity contribution >= 4 is 0 Å². The molecule has 0 saturated heterocycles. The number of hydrogen-bond donors (Lipinski definition) is 0. The van der Waals surface area contributed by atoms with Crippen molar-refractivity contribution in [1.29, 1.82) is 0 Å². The Bertz CT molecular complexity index is 40.0. The van der Waals surface area contributed by atoms with Gasteiger partial charge < -0.3 is 0 Å². The monoisotopic (exact) mass is 113 g/mol. The predicted octanol–water partition coefficient (Wildman–Crippen LogP) is 2.89. The zero-order chi connectivity index (χ0) is 6.57. The summed E-state index contributed by atoms with van der Waals surface area (Å²) in [5.74, 6) is 1.65. The fourth-order valence-corrected chi connectivity index (χ4v) is 0.700. The van der Waals surface area contributed by atoms with Crippen molar-refractivity contribution in [2.45, 2.75) is 34.1 Å². The zero-order valence-corrected chi connectivity index (χ0v) is 6.44. The molecule has 0 aliphatic rings. The Balaban J connectivity index is 3.29. The van der Waals surface area contributed by atoms with Gasteiger partial charge in [-0.1, -0.05) is 13.8 Å². The lowest BCUT2D eigenvalue weighted by Crippen LogP contribution is -2.04. The van der Waals surface area contributed by atoms with Crippen LogP contribution in [0, 0.1) is 18.3 Å². The Morgan fingerprint density at radius 3 is 2.00 bits per heavy atom. The average molecular weight is 113 g/mol. The van der Waals surface area contributed by atoms with E-state index < -0.39 is 0 Å². The van der Waals surface area contributed by atoms with Crippen LogP contribution in [0.15, 0.2) is 0 Å². The molecule has 2 atom stereocenters. The van der Waals surface area contributed by atoms with Gasteiger partial charge in [0.1, 0.15) is 0 Å². The lowest BCUT2D eigenvalue weighted by molar-refractivity contribution is 0.423. The normalized spacial score (nSPS) is 17.5. The smallest absolute Gasteiger partial charge is 0.0650 e. The maximum absolute atomic E-state index is 2.30. The van der Waals surface area contributed by atoms with Gasteiger partial charge in [0.15, 0.2) is 0 Å². The van der Waals surface area contributed by atoms with Crippen molar-refractivity contribution in [3.8, 4) is 0 Å². The fourth-order valence-electron chi connectivity index (χ4n) is 0.700. The molecular formula is C8H17+. The highest BCUT2D eigenvalue weighted by atomic mass is 14.1. The first-order chi connectivity index (χ1) is 3.72. The third kappa shape index (κ3) is 2.25. The van der Waals surface area contributed by atoms with Crippen LogP contribution in [-0.4, -0.2) is 0 Å². The quantitative estimate of drug-likeness (QED) is 0.494. The van der Waals surface area contributed by atoms with Gasteiger partial charge in [-0.25, -0.2) is 0 Å². The lowest BCUT2D eigenvalue weighted by Gasteiger charge is -2.07. The van der Waals surface area contributed by atoms with Gasteiger partial charge in [-0.2, -0.15) is 0 Å². The van der Waals surface area contributed by atoms with Gasteiger partial charge in [-0.15, -0.1) is 0 Å². The highest BCUT2D eigenvalue weighted by Gasteiger charge is 2.13. The van der Waals surface area contributed by atoms with Crippen molar-refractivity contribution in [2.24, 2.45) is 11.8 Å². The number of rotatable bonds is 3. The molecule has 0 saturated carbocycles. The molecule has 0 rings (SSSR count). The number of hydrogen-bond acceptors (Lipinski definition) is 0. The Hall–Kier alpha value is -0.130. The maximum atomic E-state index is 2.30. The predicted molar refractivity (Wildman–Crippen MR) is 38.6 cm³/mol. The Morgan fingerprint density at radius 2 is 1.88 bits per heavy atom. The molecule has 8 heavy (non-hydrogen) atoms. The van der Waals surface area contributed by atoms with Gasteiger partial charge in [-0.3, -0.25) is 0 Å². The summed E-state index contributed by atoms with van der Waals surface area (Å²) < 4.78 is 0. The molecule has 0 aromatic carbocycles. The van der Waals surface area contributed by atoms with Crippen molar-refractivity contribution in [2.75, 3.05) is 0 Å². The molecule has 0 radical (unpaired) electrons. The summed E-state index contributed by atoms with van der Waals surface area (Å²) in [5, 5.41) is 0. The van der Waals surface area contributed by atoms with Gasteiger partial charge in [0.05, 0.1) is 19.3 Å². The van der Waals surface area contributed by atoms with Crippen LogP contribution in [0.5, 0.6) is 0 Å². The van der Waals surface area contributed by atoms with E-state index >= 15 is 0 Å². The summed E-state index contributed by atoms with van der Waals surface area (Å²) in [6, 6.07) is 0. The fraction of sp³-hybridized carbons (Fsp3) is 0.875. The molecule has 0 aliphatic heterocycles. The van der Waals surface area contributed by atoms with Crippen LogP contribution < -0.4 is 0 Å². The van der Waals surface area contributed by atoms with Gasteiger partial charge in [-0.05, 0) is 19.3 Å². The van der Waals surface area contributed by atoms with Crippen LogP contribution in [0.25, 0.3) is 0 Å². The molecular weight excluding hydrogens is 96.1 g/mol. The molecule has 0 bridgehead atoms. The van der Waals surface area contributed by atoms with E-state index in [1.165, 1.54) is 6.42 Å². The summed E-state index contributed by atoms with van der Waals surface area (Å²) in [7, 11) is 0. The minimum Gasteiger partial charge on any atom is -0.0650 e. The van der Waals surface area contributed by atoms with Crippen molar-refractivity contribution in [3.63, 3.8) is 0 Å². The largest absolute Gasteiger partial charge is 0.0971 e. The first-order valence-electron chi connectivity index (χ1n) is 3.51. The summed E-state index contributed by atoms with van der Waals surface area (Å²) in [6.45, 7) is 8.94. The third-order valence-corrected chi connectivity index (χ3v) is 2.07. The van der Waals surface area contributed by atoms with Gasteiger partial charge in [0, 0.05) is 0 Å². The lowest BCUT2D eigenvalue weighted by atomic mass is 9.92. The van der Waals surface area contributed by atoms with Crippen LogP contribution in [0.3, 0.4) is 0 Å². The highest BCUT2D eigenvalue weighted by Crippen LogP contribution is 2.15. The van der Waals surface area contributed by atoms with E-state index in [2.05, 4.69) is 34.1 Å². The maximum Gasteiger partial charge on any atom is 0.0971 e. The molecule has 0 aromatic heterocycles. The second-order valence-electron chi connectivity index (χ2n) is 2.58. The van der Waals surface area contributed by atoms with Crippen LogP contribution in [-0.2, 0) is 0 Å². The van der Waals surface area contributed by atoms with E-state index in [4.69, 9.17) is 0 Å². The second kappa shape index (κ2) is 3.82. The van der Waals surface area contributed by atoms with E-state index in [1.807, 2.05) is 0 Å². The molecule has 0 N–H and O–H groups in total. The van der Waals surface area contributed by atoms with Gasteiger partial charge in [0.2, 0.25) is 0 Å². The average Bonchev–Trinajstić information content (AvgIpc) is 1.84. The SMILES string of the molecule is C[CH+]C(C)C(C)CC. The molecule has 0 aromatic rings. The van der Waals surface area contributed by atoms with Crippen LogP contribution in [0.4, 0.5) is 0 Å². The van der Waals surface area contributed by atoms with Gasteiger partial charge in [0.25, 0.3) is 0 Å². The van der Waals surface area contributed by atoms with Crippen molar-refractivity contribution in [3.05, 3.63) is 6.42 Å². The van der Waals surface area contributed by atoms with Crippen LogP contribution in [0.1, 0.15) is 34.1 Å². The van der Waals surface area contributed by atoms with Crippen LogP contribution >= 0.6 is 0 Å². The first-order valence-corrected chi connectivity index (χ1v) is 3.51. The van der Waals surface area contributed by atoms with E-state index in [0.717, 1.165) is 11.8 Å². The summed E-state index contributed by atoms with van der Waals surface area (Å²) in [6.07, 6.45) is 3.57. The van der Waals surface area contributed by atoms with E-state index in [9.17, 15) is 0 Å². The van der Waals surface area contributed by atoms with Gasteiger partial charge >= 0.3 is 0 Å². The Labute approximate surface area is 53.3 Å². The molecule has 0 heteroatoms. The summed E-state index contributed by atoms with van der Waals surface area (Å²) in [5.41, 5.74) is 0. The summed E-state index contributed by atoms with van der Waals surface area (Å²) >= 11 is 0. The molecule has 0 fully saturated rings. The molecule has 48 valence electrons. The van der Waals surface area contributed by atoms with Crippen molar-refractivity contribution < 1.29 is 0 Å². The van der Waals surface area contributed by atoms with E-state index in [-0.39, 0.29) is 0 Å². The molecule has 0 amide bonds. The Morgan fingerprint density at radius 1 is 1.38 bits per heavy atom. The Kier molecular flexibility index (Phi) is 3.76. The third-order valence-electron chi connectivity index (χ3n) is 2.07. The molecule has 0 spiro atoms. The summed E-state index contributed by atoms with van der Waals surface area (Å²) in [4.78, 5) is 0. The van der Waals surface area contributed by atoms with E-state index in [0.29, 0.717) is 0 Å². The van der Waals surface area contributed by atoms with E-state index in [1.54, 1.807) is 0 Å². The molecule has 0 aliphatic carbocycles.